The van der Waals surface area contributed by atoms with Crippen LogP contribution in [0.15, 0.2) is 29.3 Å². The van der Waals surface area contributed by atoms with E-state index in [1.54, 1.807) is 4.90 Å². The zero-order valence-corrected chi connectivity index (χ0v) is 10.1. The molecule has 0 saturated carbocycles. The molecule has 3 rings (SSSR count). The first-order valence-electron chi connectivity index (χ1n) is 5.92. The highest BCUT2D eigenvalue weighted by atomic mass is 16.2. The number of hydrogen-bond donors (Lipinski definition) is 0. The van der Waals surface area contributed by atoms with Crippen LogP contribution >= 0.6 is 0 Å². The van der Waals surface area contributed by atoms with Gasteiger partial charge in [-0.3, -0.25) is 14.5 Å². The number of benzene rings is 1. The second-order valence-corrected chi connectivity index (χ2v) is 4.47. The highest BCUT2D eigenvalue weighted by Gasteiger charge is 2.37. The van der Waals surface area contributed by atoms with Crippen molar-refractivity contribution in [2.24, 2.45) is 4.99 Å². The fraction of sp³-hybridized carbons (Fsp3) is 0.308. The van der Waals surface area contributed by atoms with Crippen molar-refractivity contribution in [3.8, 4) is 0 Å². The standard InChI is InChI=1S/C13H13N3O2/c1-9-4-2-3-5-10(9)15-6-7-16-12(18)8-11(17)14-13(15)16/h2-5H,6-8H2,1H3. The predicted octanol–water partition coefficient (Wildman–Crippen LogP) is 0.930. The third kappa shape index (κ3) is 1.59. The van der Waals surface area contributed by atoms with Crippen LogP contribution in [0.25, 0.3) is 0 Å². The van der Waals surface area contributed by atoms with Gasteiger partial charge in [-0.25, -0.2) is 0 Å². The SMILES string of the molecule is Cc1ccccc1N1CCN2C(=O)CC(=O)N=C21. The maximum absolute atomic E-state index is 11.7. The van der Waals surface area contributed by atoms with Gasteiger partial charge in [-0.1, -0.05) is 18.2 Å². The van der Waals surface area contributed by atoms with Crippen LogP contribution < -0.4 is 4.90 Å². The molecule has 5 heteroatoms. The Balaban J connectivity index is 2.03. The molecule has 1 aromatic carbocycles. The number of aryl methyl sites for hydroxylation is 1. The van der Waals surface area contributed by atoms with Crippen molar-refractivity contribution < 1.29 is 9.59 Å². The second-order valence-electron chi connectivity index (χ2n) is 4.47. The van der Waals surface area contributed by atoms with Gasteiger partial charge in [0.15, 0.2) is 0 Å². The van der Waals surface area contributed by atoms with E-state index in [1.807, 2.05) is 36.1 Å². The molecule has 1 saturated heterocycles. The molecule has 2 aliphatic heterocycles. The van der Waals surface area contributed by atoms with Crippen molar-refractivity contribution in [3.05, 3.63) is 29.8 Å². The first kappa shape index (κ1) is 11.0. The Morgan fingerprint density at radius 1 is 1.11 bits per heavy atom. The maximum atomic E-state index is 11.7. The summed E-state index contributed by atoms with van der Waals surface area (Å²) in [6, 6.07) is 7.89. The second kappa shape index (κ2) is 3.94. The summed E-state index contributed by atoms with van der Waals surface area (Å²) >= 11 is 0. The summed E-state index contributed by atoms with van der Waals surface area (Å²) in [5.74, 6) is -0.0293. The van der Waals surface area contributed by atoms with Crippen molar-refractivity contribution in [1.82, 2.24) is 4.90 Å². The van der Waals surface area contributed by atoms with Crippen LogP contribution in [-0.2, 0) is 9.59 Å². The number of amides is 2. The molecule has 0 aromatic heterocycles. The summed E-state index contributed by atoms with van der Waals surface area (Å²) in [4.78, 5) is 30.7. The molecular weight excluding hydrogens is 230 g/mol. The average Bonchev–Trinajstić information content (AvgIpc) is 2.73. The molecule has 0 unspecified atom stereocenters. The molecule has 5 nitrogen and oxygen atoms in total. The largest absolute Gasteiger partial charge is 0.310 e. The van der Waals surface area contributed by atoms with Gasteiger partial charge in [0, 0.05) is 18.8 Å². The van der Waals surface area contributed by atoms with Crippen LogP contribution in [0.2, 0.25) is 0 Å². The van der Waals surface area contributed by atoms with Crippen LogP contribution in [0.4, 0.5) is 5.69 Å². The Hall–Kier alpha value is -2.17. The minimum Gasteiger partial charge on any atom is -0.310 e. The van der Waals surface area contributed by atoms with Crippen LogP contribution in [0, 0.1) is 6.92 Å². The number of carbonyl (C=O) groups is 2. The van der Waals surface area contributed by atoms with Crippen molar-refractivity contribution in [3.63, 3.8) is 0 Å². The monoisotopic (exact) mass is 243 g/mol. The molecule has 0 spiro atoms. The van der Waals surface area contributed by atoms with E-state index in [1.165, 1.54) is 0 Å². The van der Waals surface area contributed by atoms with Crippen molar-refractivity contribution in [2.75, 3.05) is 18.0 Å². The molecule has 1 fully saturated rings. The molecule has 2 amide bonds. The summed E-state index contributed by atoms with van der Waals surface area (Å²) < 4.78 is 0. The number of fused-ring (bicyclic) bond motifs is 1. The lowest BCUT2D eigenvalue weighted by Crippen LogP contribution is -2.42. The van der Waals surface area contributed by atoms with E-state index in [2.05, 4.69) is 4.99 Å². The van der Waals surface area contributed by atoms with Gasteiger partial charge in [0.05, 0.1) is 0 Å². The lowest BCUT2D eigenvalue weighted by molar-refractivity contribution is -0.132. The third-order valence-electron chi connectivity index (χ3n) is 3.26. The molecule has 2 aliphatic rings. The van der Waals surface area contributed by atoms with Crippen LogP contribution in [-0.4, -0.2) is 35.8 Å². The molecule has 0 atom stereocenters. The Morgan fingerprint density at radius 2 is 1.83 bits per heavy atom. The van der Waals surface area contributed by atoms with Crippen LogP contribution in [0.1, 0.15) is 12.0 Å². The quantitative estimate of drug-likeness (QED) is 0.689. The number of guanidine groups is 1. The maximum Gasteiger partial charge on any atom is 0.258 e. The van der Waals surface area contributed by atoms with Crippen LogP contribution in [0.3, 0.4) is 0 Å². The van der Waals surface area contributed by atoms with Gasteiger partial charge in [-0.05, 0) is 18.6 Å². The normalized spacial score (nSPS) is 19.1. The first-order chi connectivity index (χ1) is 8.66. The number of hydrogen-bond acceptors (Lipinski definition) is 3. The summed E-state index contributed by atoms with van der Waals surface area (Å²) in [7, 11) is 0. The van der Waals surface area contributed by atoms with E-state index >= 15 is 0 Å². The highest BCUT2D eigenvalue weighted by molar-refractivity contribution is 6.18. The molecule has 0 aliphatic carbocycles. The van der Waals surface area contributed by atoms with Gasteiger partial charge >= 0.3 is 0 Å². The summed E-state index contributed by atoms with van der Waals surface area (Å²) in [5.41, 5.74) is 2.11. The molecule has 1 aromatic rings. The summed E-state index contributed by atoms with van der Waals surface area (Å²) in [6.07, 6.45) is -0.106. The Kier molecular flexibility index (Phi) is 2.40. The topological polar surface area (TPSA) is 53.0 Å². The van der Waals surface area contributed by atoms with Gasteiger partial charge in [0.25, 0.3) is 5.91 Å². The Morgan fingerprint density at radius 3 is 2.61 bits per heavy atom. The lowest BCUT2D eigenvalue weighted by Gasteiger charge is -2.25. The first-order valence-corrected chi connectivity index (χ1v) is 5.92. The smallest absolute Gasteiger partial charge is 0.258 e. The predicted molar refractivity (Wildman–Crippen MR) is 67.3 cm³/mol. The molecule has 0 radical (unpaired) electrons. The summed E-state index contributed by atoms with van der Waals surface area (Å²) in [5, 5.41) is 0. The van der Waals surface area contributed by atoms with Gasteiger partial charge in [0.2, 0.25) is 11.9 Å². The fourth-order valence-electron chi connectivity index (χ4n) is 2.37. The van der Waals surface area contributed by atoms with Gasteiger partial charge in [-0.2, -0.15) is 4.99 Å². The van der Waals surface area contributed by atoms with E-state index in [0.29, 0.717) is 19.0 Å². The Bertz CT molecular complexity index is 565. The fourth-order valence-corrected chi connectivity index (χ4v) is 2.37. The Labute approximate surface area is 105 Å². The number of aliphatic imine (C=N–C) groups is 1. The molecule has 0 N–H and O–H groups in total. The van der Waals surface area contributed by atoms with Gasteiger partial charge in [-0.15, -0.1) is 0 Å². The van der Waals surface area contributed by atoms with Gasteiger partial charge < -0.3 is 4.90 Å². The van der Waals surface area contributed by atoms with Gasteiger partial charge in [0.1, 0.15) is 6.42 Å². The van der Waals surface area contributed by atoms with E-state index in [-0.39, 0.29) is 18.2 Å². The van der Waals surface area contributed by atoms with Crippen molar-refractivity contribution >= 4 is 23.5 Å². The number of para-hydroxylation sites is 1. The zero-order chi connectivity index (χ0) is 12.7. The molecule has 2 heterocycles. The zero-order valence-electron chi connectivity index (χ0n) is 10.1. The molecule has 0 bridgehead atoms. The van der Waals surface area contributed by atoms with E-state index in [0.717, 1.165) is 11.3 Å². The third-order valence-corrected chi connectivity index (χ3v) is 3.26. The minimum absolute atomic E-state index is 0.106. The lowest BCUT2D eigenvalue weighted by atomic mass is 10.2. The molecule has 92 valence electrons. The average molecular weight is 243 g/mol. The van der Waals surface area contributed by atoms with E-state index in [9.17, 15) is 9.59 Å². The number of anilines is 1. The molecular formula is C13H13N3O2. The van der Waals surface area contributed by atoms with E-state index in [4.69, 9.17) is 0 Å². The number of rotatable bonds is 1. The molecule has 18 heavy (non-hydrogen) atoms. The van der Waals surface area contributed by atoms with E-state index < -0.39 is 0 Å². The summed E-state index contributed by atoms with van der Waals surface area (Å²) in [6.45, 7) is 3.28. The number of carbonyl (C=O) groups excluding carboxylic acids is 2. The van der Waals surface area contributed by atoms with Crippen molar-refractivity contribution in [2.45, 2.75) is 13.3 Å². The highest BCUT2D eigenvalue weighted by Crippen LogP contribution is 2.25. The van der Waals surface area contributed by atoms with Crippen molar-refractivity contribution in [1.29, 1.82) is 0 Å². The number of nitrogens with zero attached hydrogens (tertiary/aromatic N) is 3. The van der Waals surface area contributed by atoms with Crippen LogP contribution in [0.5, 0.6) is 0 Å². The minimum atomic E-state index is -0.355.